The topological polar surface area (TPSA) is 81.8 Å². The number of benzene rings is 3. The summed E-state index contributed by atoms with van der Waals surface area (Å²) in [5.74, 6) is -0.381. The number of amides is 1. The van der Waals surface area contributed by atoms with Gasteiger partial charge < -0.3 is 10.3 Å². The largest absolute Gasteiger partial charge is 0.353 e. The molecule has 0 saturated carbocycles. The van der Waals surface area contributed by atoms with Crippen LogP contribution in [0.4, 0.5) is 5.69 Å². The second-order valence-corrected chi connectivity index (χ2v) is 8.07. The van der Waals surface area contributed by atoms with E-state index < -0.39 is 0 Å². The molecule has 0 bridgehead atoms. The normalized spacial score (nSPS) is 10.8. The molecule has 1 amide bonds. The van der Waals surface area contributed by atoms with Crippen molar-refractivity contribution >= 4 is 50.7 Å². The van der Waals surface area contributed by atoms with Gasteiger partial charge in [0.2, 0.25) is 0 Å². The van der Waals surface area contributed by atoms with E-state index in [4.69, 9.17) is 17.2 Å². The first-order chi connectivity index (χ1) is 16.1. The van der Waals surface area contributed by atoms with E-state index in [0.717, 1.165) is 44.3 Å². The number of hydrogen-bond donors (Lipinski definition) is 4. The Morgan fingerprint density at radius 1 is 0.879 bits per heavy atom. The van der Waals surface area contributed by atoms with Crippen LogP contribution >= 0.6 is 12.2 Å². The Balaban J connectivity index is 1.46. The van der Waals surface area contributed by atoms with Crippen LogP contribution < -0.4 is 16.2 Å². The third kappa shape index (κ3) is 4.14. The molecule has 0 spiro atoms. The Morgan fingerprint density at radius 3 is 2.42 bits per heavy atom. The van der Waals surface area contributed by atoms with Crippen molar-refractivity contribution in [1.29, 1.82) is 0 Å². The number of fused-ring (bicyclic) bond motifs is 3. The smallest absolute Gasteiger partial charge is 0.288 e. The summed E-state index contributed by atoms with van der Waals surface area (Å²) >= 11 is 5.33. The summed E-state index contributed by atoms with van der Waals surface area (Å²) in [7, 11) is 0. The standard InChI is InChI=1S/C26H21N5OS/c1-16-9-5-7-13-20(16)29-26(33)31-30-25(32)22-15-19-18-12-6-8-14-21(18)27-24(19)23(28-22)17-10-3-2-4-11-17/h2-15,27H,1H3,(H,30,32)(H2,29,31,33). The van der Waals surface area contributed by atoms with Crippen molar-refractivity contribution < 1.29 is 4.79 Å². The number of carbonyl (C=O) groups excluding carboxylic acids is 1. The van der Waals surface area contributed by atoms with Gasteiger partial charge in [-0.2, -0.15) is 0 Å². The number of thiocarbonyl (C=S) groups is 1. The van der Waals surface area contributed by atoms with Crippen molar-refractivity contribution in [3.05, 3.63) is 96.2 Å². The molecule has 0 saturated heterocycles. The van der Waals surface area contributed by atoms with Crippen LogP contribution in [0.3, 0.4) is 0 Å². The Hall–Kier alpha value is -4.23. The van der Waals surface area contributed by atoms with Gasteiger partial charge in [0.25, 0.3) is 5.91 Å². The van der Waals surface area contributed by atoms with Gasteiger partial charge in [-0.3, -0.25) is 15.6 Å². The highest BCUT2D eigenvalue weighted by molar-refractivity contribution is 7.80. The first-order valence-electron chi connectivity index (χ1n) is 10.5. The monoisotopic (exact) mass is 451 g/mol. The number of nitrogens with zero attached hydrogens (tertiary/aromatic N) is 1. The average molecular weight is 452 g/mol. The lowest BCUT2D eigenvalue weighted by atomic mass is 10.1. The predicted molar refractivity (Wildman–Crippen MR) is 137 cm³/mol. The van der Waals surface area contributed by atoms with Crippen LogP contribution in [0.2, 0.25) is 0 Å². The molecule has 6 nitrogen and oxygen atoms in total. The molecule has 0 aliphatic carbocycles. The van der Waals surface area contributed by atoms with E-state index in [9.17, 15) is 4.79 Å². The molecule has 0 fully saturated rings. The zero-order valence-corrected chi connectivity index (χ0v) is 18.7. The van der Waals surface area contributed by atoms with E-state index in [-0.39, 0.29) is 16.7 Å². The third-order valence-corrected chi connectivity index (χ3v) is 5.66. The van der Waals surface area contributed by atoms with E-state index in [0.29, 0.717) is 0 Å². The van der Waals surface area contributed by atoms with Gasteiger partial charge in [0.1, 0.15) is 5.69 Å². The van der Waals surface area contributed by atoms with Gasteiger partial charge in [-0.25, -0.2) is 4.98 Å². The molecular weight excluding hydrogens is 430 g/mol. The predicted octanol–water partition coefficient (Wildman–Crippen LogP) is 5.32. The molecule has 0 radical (unpaired) electrons. The van der Waals surface area contributed by atoms with Crippen molar-refractivity contribution in [1.82, 2.24) is 20.8 Å². The number of rotatable bonds is 3. The van der Waals surface area contributed by atoms with Crippen molar-refractivity contribution in [2.24, 2.45) is 0 Å². The highest BCUT2D eigenvalue weighted by atomic mass is 32.1. The van der Waals surface area contributed by atoms with Crippen LogP contribution in [-0.2, 0) is 0 Å². The maximum Gasteiger partial charge on any atom is 0.288 e. The molecule has 7 heteroatoms. The van der Waals surface area contributed by atoms with Crippen molar-refractivity contribution in [2.75, 3.05) is 5.32 Å². The first-order valence-corrected chi connectivity index (χ1v) is 10.9. The van der Waals surface area contributed by atoms with Gasteiger partial charge in [0.05, 0.1) is 11.2 Å². The molecule has 4 N–H and O–H groups in total. The molecule has 0 atom stereocenters. The number of aromatic nitrogens is 2. The second kappa shape index (κ2) is 8.72. The minimum Gasteiger partial charge on any atom is -0.353 e. The summed E-state index contributed by atoms with van der Waals surface area (Å²) in [6, 6.07) is 27.4. The molecule has 162 valence electrons. The van der Waals surface area contributed by atoms with E-state index in [2.05, 4.69) is 21.2 Å². The molecule has 3 aromatic carbocycles. The molecule has 5 aromatic rings. The fourth-order valence-corrected chi connectivity index (χ4v) is 3.97. The summed E-state index contributed by atoms with van der Waals surface area (Å²) in [5, 5.41) is 5.34. The molecule has 2 heterocycles. The molecule has 0 unspecified atom stereocenters. The van der Waals surface area contributed by atoms with Crippen LogP contribution in [0.25, 0.3) is 33.1 Å². The molecule has 0 aliphatic heterocycles. The van der Waals surface area contributed by atoms with Crippen molar-refractivity contribution in [3.8, 4) is 11.3 Å². The lowest BCUT2D eigenvalue weighted by molar-refractivity contribution is 0.0939. The minimum absolute atomic E-state index is 0.286. The summed E-state index contributed by atoms with van der Waals surface area (Å²) in [6.07, 6.45) is 0. The second-order valence-electron chi connectivity index (χ2n) is 7.66. The first kappa shape index (κ1) is 20.7. The lowest BCUT2D eigenvalue weighted by Gasteiger charge is -2.13. The van der Waals surface area contributed by atoms with Crippen LogP contribution in [0.15, 0.2) is 84.9 Å². The number of aromatic amines is 1. The van der Waals surface area contributed by atoms with Gasteiger partial charge in [-0.05, 0) is 42.9 Å². The van der Waals surface area contributed by atoms with Crippen molar-refractivity contribution in [2.45, 2.75) is 6.92 Å². The maximum absolute atomic E-state index is 13.0. The molecule has 5 rings (SSSR count). The Kier molecular flexibility index (Phi) is 5.46. The summed E-state index contributed by atoms with van der Waals surface area (Å²) in [4.78, 5) is 21.2. The Labute approximate surface area is 196 Å². The lowest BCUT2D eigenvalue weighted by Crippen LogP contribution is -2.44. The fraction of sp³-hybridized carbons (Fsp3) is 0.0385. The number of para-hydroxylation sites is 2. The number of anilines is 1. The average Bonchev–Trinajstić information content (AvgIpc) is 3.22. The Bertz CT molecular complexity index is 1490. The Morgan fingerprint density at radius 2 is 1.61 bits per heavy atom. The summed E-state index contributed by atoms with van der Waals surface area (Å²) in [6.45, 7) is 1.98. The maximum atomic E-state index is 13.0. The van der Waals surface area contributed by atoms with Gasteiger partial charge in [0.15, 0.2) is 5.11 Å². The molecule has 2 aromatic heterocycles. The van der Waals surface area contributed by atoms with E-state index in [1.165, 1.54) is 0 Å². The fourth-order valence-electron chi connectivity index (χ4n) is 3.81. The van der Waals surface area contributed by atoms with Gasteiger partial charge in [0, 0.05) is 27.5 Å². The van der Waals surface area contributed by atoms with E-state index >= 15 is 0 Å². The number of hydrazine groups is 1. The SMILES string of the molecule is Cc1ccccc1NC(=S)NNC(=O)c1cc2c([nH]c3ccccc32)c(-c2ccccc2)n1. The highest BCUT2D eigenvalue weighted by Crippen LogP contribution is 2.32. The highest BCUT2D eigenvalue weighted by Gasteiger charge is 2.17. The number of H-pyrrole nitrogens is 1. The minimum atomic E-state index is -0.381. The van der Waals surface area contributed by atoms with Gasteiger partial charge in [-0.1, -0.05) is 66.7 Å². The third-order valence-electron chi connectivity index (χ3n) is 5.46. The number of aryl methyl sites for hydroxylation is 1. The van der Waals surface area contributed by atoms with Crippen LogP contribution in [-0.4, -0.2) is 21.0 Å². The number of nitrogens with one attached hydrogen (secondary N) is 4. The molecule has 33 heavy (non-hydrogen) atoms. The molecular formula is C26H21N5OS. The van der Waals surface area contributed by atoms with Crippen LogP contribution in [0.1, 0.15) is 16.1 Å². The van der Waals surface area contributed by atoms with Gasteiger partial charge >= 0.3 is 0 Å². The van der Waals surface area contributed by atoms with Crippen molar-refractivity contribution in [3.63, 3.8) is 0 Å². The van der Waals surface area contributed by atoms with E-state index in [1.807, 2.05) is 85.8 Å². The number of carbonyl (C=O) groups is 1. The summed E-state index contributed by atoms with van der Waals surface area (Å²) in [5.41, 5.74) is 11.2. The van der Waals surface area contributed by atoms with E-state index in [1.54, 1.807) is 6.07 Å². The number of pyridine rings is 1. The van der Waals surface area contributed by atoms with Crippen LogP contribution in [0, 0.1) is 6.92 Å². The zero-order chi connectivity index (χ0) is 22.8. The van der Waals surface area contributed by atoms with Gasteiger partial charge in [-0.15, -0.1) is 0 Å². The quantitative estimate of drug-likeness (QED) is 0.220. The summed E-state index contributed by atoms with van der Waals surface area (Å²) < 4.78 is 0. The number of hydrogen-bond acceptors (Lipinski definition) is 3. The van der Waals surface area contributed by atoms with Crippen LogP contribution in [0.5, 0.6) is 0 Å². The molecule has 0 aliphatic rings. The zero-order valence-electron chi connectivity index (χ0n) is 17.8.